The molecule has 0 unspecified atom stereocenters. The maximum absolute atomic E-state index is 13.0. The predicted molar refractivity (Wildman–Crippen MR) is 95.8 cm³/mol. The van der Waals surface area contributed by atoms with Gasteiger partial charge < -0.3 is 14.6 Å². The second-order valence-electron chi connectivity index (χ2n) is 6.06. The van der Waals surface area contributed by atoms with Crippen molar-refractivity contribution in [3.63, 3.8) is 0 Å². The van der Waals surface area contributed by atoms with E-state index in [0.29, 0.717) is 22.8 Å². The Morgan fingerprint density at radius 2 is 1.85 bits per heavy atom. The van der Waals surface area contributed by atoms with Crippen LogP contribution in [0.5, 0.6) is 5.75 Å². The highest BCUT2D eigenvalue weighted by Gasteiger charge is 2.20. The van der Waals surface area contributed by atoms with Crippen LogP contribution in [-0.2, 0) is 6.61 Å². The smallest absolute Gasteiger partial charge is 0.278 e. The molecule has 0 saturated heterocycles. The minimum Gasteiger partial charge on any atom is -0.489 e. The summed E-state index contributed by atoms with van der Waals surface area (Å²) in [5.74, 6) is 0.277. The van der Waals surface area contributed by atoms with E-state index in [4.69, 9.17) is 9.26 Å². The lowest BCUT2D eigenvalue weighted by Gasteiger charge is -2.08. The van der Waals surface area contributed by atoms with Crippen LogP contribution in [0.15, 0.2) is 47.0 Å². The van der Waals surface area contributed by atoms with E-state index in [9.17, 15) is 9.18 Å². The molecule has 1 heterocycles. The summed E-state index contributed by atoms with van der Waals surface area (Å²) >= 11 is 0. The summed E-state index contributed by atoms with van der Waals surface area (Å²) in [5.41, 5.74) is 3.63. The Balaban J connectivity index is 1.74. The first kappa shape index (κ1) is 17.7. The number of hydrogen-bond donors (Lipinski definition) is 1. The molecule has 134 valence electrons. The molecule has 0 aliphatic carbocycles. The van der Waals surface area contributed by atoms with Crippen molar-refractivity contribution in [1.29, 1.82) is 0 Å². The van der Waals surface area contributed by atoms with E-state index < -0.39 is 0 Å². The van der Waals surface area contributed by atoms with E-state index in [1.807, 2.05) is 32.0 Å². The van der Waals surface area contributed by atoms with Gasteiger partial charge in [0.2, 0.25) is 0 Å². The first-order chi connectivity index (χ1) is 12.4. The average Bonchev–Trinajstić information content (AvgIpc) is 2.98. The number of nitrogens with one attached hydrogen (secondary N) is 1. The van der Waals surface area contributed by atoms with Gasteiger partial charge in [-0.05, 0) is 68.3 Å². The highest BCUT2D eigenvalue weighted by Crippen LogP contribution is 2.20. The molecule has 0 atom stereocenters. The highest BCUT2D eigenvalue weighted by atomic mass is 19.1. The van der Waals surface area contributed by atoms with Gasteiger partial charge in [-0.3, -0.25) is 4.79 Å². The number of rotatable bonds is 5. The van der Waals surface area contributed by atoms with E-state index in [2.05, 4.69) is 10.5 Å². The topological polar surface area (TPSA) is 64.4 Å². The Morgan fingerprint density at radius 1 is 1.12 bits per heavy atom. The van der Waals surface area contributed by atoms with Crippen LogP contribution >= 0.6 is 0 Å². The number of amides is 1. The van der Waals surface area contributed by atoms with Gasteiger partial charge in [0.15, 0.2) is 5.69 Å². The lowest BCUT2D eigenvalue weighted by atomic mass is 10.1. The fraction of sp³-hybridized carbons (Fsp3) is 0.200. The zero-order valence-electron chi connectivity index (χ0n) is 14.8. The summed E-state index contributed by atoms with van der Waals surface area (Å²) in [5, 5.41) is 6.67. The third kappa shape index (κ3) is 3.91. The molecule has 0 radical (unpaired) electrons. The van der Waals surface area contributed by atoms with Crippen molar-refractivity contribution < 1.29 is 18.4 Å². The largest absolute Gasteiger partial charge is 0.489 e. The third-order valence-electron chi connectivity index (χ3n) is 4.16. The maximum atomic E-state index is 13.0. The molecule has 3 aromatic rings. The van der Waals surface area contributed by atoms with E-state index in [0.717, 1.165) is 11.1 Å². The van der Waals surface area contributed by atoms with Gasteiger partial charge in [0.1, 0.15) is 23.9 Å². The standard InChI is InChI=1S/C20H19FN2O3/c1-12-4-7-16(10-13(12)2)22-20(24)19-18(14(3)26-23-19)11-25-17-8-5-15(21)6-9-17/h4-10H,11H2,1-3H3,(H,22,24). The molecule has 0 spiro atoms. The van der Waals surface area contributed by atoms with Crippen LogP contribution in [0.2, 0.25) is 0 Å². The quantitative estimate of drug-likeness (QED) is 0.729. The number of hydrogen-bond acceptors (Lipinski definition) is 4. The summed E-state index contributed by atoms with van der Waals surface area (Å²) in [7, 11) is 0. The van der Waals surface area contributed by atoms with Gasteiger partial charge in [0, 0.05) is 5.69 Å². The molecule has 6 heteroatoms. The van der Waals surface area contributed by atoms with Gasteiger partial charge in [0.25, 0.3) is 5.91 Å². The van der Waals surface area contributed by atoms with E-state index in [1.54, 1.807) is 6.92 Å². The zero-order chi connectivity index (χ0) is 18.7. The molecule has 3 rings (SSSR count). The fourth-order valence-corrected chi connectivity index (χ4v) is 2.44. The SMILES string of the molecule is Cc1ccc(NC(=O)c2noc(C)c2COc2ccc(F)cc2)cc1C. The van der Waals surface area contributed by atoms with E-state index >= 15 is 0 Å². The second kappa shape index (κ2) is 7.39. The molecule has 1 N–H and O–H groups in total. The molecule has 0 fully saturated rings. The molecular formula is C20H19FN2O3. The molecule has 0 bridgehead atoms. The van der Waals surface area contributed by atoms with Crippen LogP contribution < -0.4 is 10.1 Å². The molecule has 0 aliphatic heterocycles. The van der Waals surface area contributed by atoms with Crippen LogP contribution in [0.25, 0.3) is 0 Å². The second-order valence-corrected chi connectivity index (χ2v) is 6.06. The minimum atomic E-state index is -0.372. The Hall–Kier alpha value is -3.15. The van der Waals surface area contributed by atoms with Gasteiger partial charge in [0.05, 0.1) is 5.56 Å². The van der Waals surface area contributed by atoms with Gasteiger partial charge in [-0.25, -0.2) is 4.39 Å². The van der Waals surface area contributed by atoms with Crippen molar-refractivity contribution >= 4 is 11.6 Å². The molecule has 1 aromatic heterocycles. The van der Waals surface area contributed by atoms with Crippen molar-refractivity contribution in [3.8, 4) is 5.75 Å². The van der Waals surface area contributed by atoms with Crippen LogP contribution in [0.3, 0.4) is 0 Å². The molecule has 1 amide bonds. The minimum absolute atomic E-state index is 0.0939. The lowest BCUT2D eigenvalue weighted by molar-refractivity contribution is 0.101. The number of anilines is 1. The molecule has 0 saturated carbocycles. The summed E-state index contributed by atoms with van der Waals surface area (Å²) in [6, 6.07) is 11.3. The van der Waals surface area contributed by atoms with Crippen LogP contribution in [0.4, 0.5) is 10.1 Å². The van der Waals surface area contributed by atoms with Crippen LogP contribution in [0.1, 0.15) is 32.9 Å². The van der Waals surface area contributed by atoms with Gasteiger partial charge >= 0.3 is 0 Å². The number of nitrogens with zero attached hydrogens (tertiary/aromatic N) is 1. The summed E-state index contributed by atoms with van der Waals surface area (Å²) < 4.78 is 23.7. The Bertz CT molecular complexity index is 933. The number of aryl methyl sites for hydroxylation is 3. The molecule has 2 aromatic carbocycles. The predicted octanol–water partition coefficient (Wildman–Crippen LogP) is 4.57. The highest BCUT2D eigenvalue weighted by molar-refractivity contribution is 6.03. The average molecular weight is 354 g/mol. The number of aromatic nitrogens is 1. The van der Waals surface area contributed by atoms with Crippen molar-refractivity contribution in [3.05, 3.63) is 76.4 Å². The number of benzene rings is 2. The number of ether oxygens (including phenoxy) is 1. The molecular weight excluding hydrogens is 335 g/mol. The Kier molecular flexibility index (Phi) is 5.02. The Labute approximate surface area is 150 Å². The van der Waals surface area contributed by atoms with Crippen molar-refractivity contribution in [1.82, 2.24) is 5.16 Å². The van der Waals surface area contributed by atoms with Gasteiger partial charge in [-0.15, -0.1) is 0 Å². The number of halogens is 1. The molecule has 26 heavy (non-hydrogen) atoms. The molecule has 0 aliphatic rings. The molecule has 5 nitrogen and oxygen atoms in total. The van der Waals surface area contributed by atoms with Crippen molar-refractivity contribution in [2.75, 3.05) is 5.32 Å². The third-order valence-corrected chi connectivity index (χ3v) is 4.16. The monoisotopic (exact) mass is 354 g/mol. The fourth-order valence-electron chi connectivity index (χ4n) is 2.44. The van der Waals surface area contributed by atoms with Crippen LogP contribution in [0, 0.1) is 26.6 Å². The first-order valence-corrected chi connectivity index (χ1v) is 8.16. The van der Waals surface area contributed by atoms with E-state index in [-0.39, 0.29) is 24.0 Å². The Morgan fingerprint density at radius 3 is 2.54 bits per heavy atom. The van der Waals surface area contributed by atoms with Crippen molar-refractivity contribution in [2.24, 2.45) is 0 Å². The van der Waals surface area contributed by atoms with Crippen molar-refractivity contribution in [2.45, 2.75) is 27.4 Å². The van der Waals surface area contributed by atoms with Crippen LogP contribution in [-0.4, -0.2) is 11.1 Å². The summed E-state index contributed by atoms with van der Waals surface area (Å²) in [6.07, 6.45) is 0. The normalized spacial score (nSPS) is 10.6. The van der Waals surface area contributed by atoms with Gasteiger partial charge in [-0.2, -0.15) is 0 Å². The van der Waals surface area contributed by atoms with E-state index in [1.165, 1.54) is 24.3 Å². The summed E-state index contributed by atoms with van der Waals surface area (Å²) in [6.45, 7) is 5.79. The number of carbonyl (C=O) groups is 1. The van der Waals surface area contributed by atoms with Gasteiger partial charge in [-0.1, -0.05) is 11.2 Å². The summed E-state index contributed by atoms with van der Waals surface area (Å²) in [4.78, 5) is 12.6. The first-order valence-electron chi connectivity index (χ1n) is 8.16. The lowest BCUT2D eigenvalue weighted by Crippen LogP contribution is -2.15. The maximum Gasteiger partial charge on any atom is 0.278 e. The number of carbonyl (C=O) groups excluding carboxylic acids is 1. The zero-order valence-corrected chi connectivity index (χ0v) is 14.8.